The molecule has 1 heterocycles. The van der Waals surface area contributed by atoms with Crippen LogP contribution in [-0.4, -0.2) is 54.2 Å². The number of likely N-dealkylation sites (tertiary alicyclic amines) is 1. The molecule has 178 valence electrons. The van der Waals surface area contributed by atoms with Gasteiger partial charge in [0.15, 0.2) is 0 Å². The highest BCUT2D eigenvalue weighted by Gasteiger charge is 2.33. The lowest BCUT2D eigenvalue weighted by Gasteiger charge is -2.40. The highest BCUT2D eigenvalue weighted by atomic mass is 35.5. The van der Waals surface area contributed by atoms with Crippen LogP contribution in [0.1, 0.15) is 55.0 Å². The number of nitrogens with zero attached hydrogens (tertiary/aromatic N) is 2. The molecule has 2 N–H and O–H groups in total. The third-order valence-corrected chi connectivity index (χ3v) is 7.96. The molecule has 33 heavy (non-hydrogen) atoms. The summed E-state index contributed by atoms with van der Waals surface area (Å²) in [6, 6.07) is 9.50. The Morgan fingerprint density at radius 3 is 2.61 bits per heavy atom. The number of ether oxygens (including phenoxy) is 1. The van der Waals surface area contributed by atoms with E-state index in [0.717, 1.165) is 44.3 Å². The Morgan fingerprint density at radius 2 is 1.91 bits per heavy atom. The minimum absolute atomic E-state index is 0.120. The molecule has 0 radical (unpaired) electrons. The third kappa shape index (κ3) is 4.88. The second-order valence-corrected chi connectivity index (χ2v) is 9.73. The van der Waals surface area contributed by atoms with Gasteiger partial charge in [0.05, 0.1) is 18.2 Å². The zero-order valence-electron chi connectivity index (χ0n) is 19.3. The lowest BCUT2D eigenvalue weighted by molar-refractivity contribution is 0.105. The number of amides is 2. The fraction of sp³-hybridized carbons (Fsp3) is 0.480. The summed E-state index contributed by atoms with van der Waals surface area (Å²) in [5, 5.41) is 13.5. The van der Waals surface area contributed by atoms with Gasteiger partial charge in [0.1, 0.15) is 16.5 Å². The summed E-state index contributed by atoms with van der Waals surface area (Å²) >= 11 is 12.7. The van der Waals surface area contributed by atoms with Gasteiger partial charge in [-0.05, 0) is 67.5 Å². The van der Waals surface area contributed by atoms with Crippen molar-refractivity contribution < 1.29 is 14.6 Å². The van der Waals surface area contributed by atoms with Crippen LogP contribution in [0.15, 0.2) is 30.3 Å². The van der Waals surface area contributed by atoms with E-state index in [1.165, 1.54) is 11.1 Å². The molecule has 2 atom stereocenters. The zero-order chi connectivity index (χ0) is 23.7. The summed E-state index contributed by atoms with van der Waals surface area (Å²) in [5.74, 6) is 0.850. The first-order valence-electron chi connectivity index (χ1n) is 11.4. The molecular weight excluding hydrogens is 461 g/mol. The van der Waals surface area contributed by atoms with Crippen molar-refractivity contribution in [2.45, 2.75) is 50.7 Å². The van der Waals surface area contributed by atoms with Gasteiger partial charge in [-0.25, -0.2) is 4.79 Å². The number of aryl methyl sites for hydroxylation is 1. The summed E-state index contributed by atoms with van der Waals surface area (Å²) in [6.07, 6.45) is 3.95. The maximum atomic E-state index is 13.0. The van der Waals surface area contributed by atoms with Crippen molar-refractivity contribution in [3.8, 4) is 11.5 Å². The molecule has 0 aromatic heterocycles. The predicted molar refractivity (Wildman–Crippen MR) is 131 cm³/mol. The fourth-order valence-electron chi connectivity index (χ4n) is 5.11. The number of fused-ring (bicyclic) bond motifs is 1. The molecule has 1 unspecified atom stereocenters. The van der Waals surface area contributed by atoms with E-state index in [1.54, 1.807) is 19.2 Å². The van der Waals surface area contributed by atoms with Crippen LogP contribution in [0.4, 0.5) is 4.79 Å². The van der Waals surface area contributed by atoms with Crippen molar-refractivity contribution in [2.75, 3.05) is 27.2 Å². The predicted octanol–water partition coefficient (Wildman–Crippen LogP) is 5.56. The molecule has 0 spiro atoms. The van der Waals surface area contributed by atoms with E-state index in [1.807, 2.05) is 31.0 Å². The van der Waals surface area contributed by atoms with Gasteiger partial charge in [0.2, 0.25) is 0 Å². The van der Waals surface area contributed by atoms with Crippen LogP contribution < -0.4 is 10.1 Å². The Balaban J connectivity index is 1.33. The lowest BCUT2D eigenvalue weighted by Crippen LogP contribution is -2.49. The largest absolute Gasteiger partial charge is 0.508 e. The highest BCUT2D eigenvalue weighted by molar-refractivity contribution is 6.43. The first-order valence-corrected chi connectivity index (χ1v) is 12.2. The molecule has 1 fully saturated rings. The number of aromatic hydroxyl groups is 1. The van der Waals surface area contributed by atoms with Gasteiger partial charge in [-0.1, -0.05) is 35.3 Å². The Labute approximate surface area is 205 Å². The number of rotatable bonds is 5. The second-order valence-electron chi connectivity index (χ2n) is 8.97. The molecular formula is C25H31Cl2N3O3. The lowest BCUT2D eigenvalue weighted by atomic mass is 9.99. The number of urea groups is 1. The molecule has 6 nitrogen and oxygen atoms in total. The van der Waals surface area contributed by atoms with Gasteiger partial charge in [-0.3, -0.25) is 4.90 Å². The highest BCUT2D eigenvalue weighted by Crippen LogP contribution is 2.39. The topological polar surface area (TPSA) is 65.0 Å². The summed E-state index contributed by atoms with van der Waals surface area (Å²) < 4.78 is 5.20. The number of carbonyl (C=O) groups is 1. The molecule has 8 heteroatoms. The number of methoxy groups -OCH3 is 1. The molecule has 0 bridgehead atoms. The van der Waals surface area contributed by atoms with Crippen LogP contribution in [0.25, 0.3) is 0 Å². The quantitative estimate of drug-likeness (QED) is 0.574. The maximum absolute atomic E-state index is 13.0. The number of hydrogen-bond donors (Lipinski definition) is 2. The van der Waals surface area contributed by atoms with Gasteiger partial charge < -0.3 is 20.1 Å². The van der Waals surface area contributed by atoms with Crippen LogP contribution >= 0.6 is 23.2 Å². The van der Waals surface area contributed by atoms with Crippen LogP contribution in [0.5, 0.6) is 11.5 Å². The summed E-state index contributed by atoms with van der Waals surface area (Å²) in [4.78, 5) is 17.3. The standard InChI is InChI=1S/C25H31Cl2N3O3/c1-15(19-7-9-22(33-3)24(27)23(19)26)28-25(32)29(2)17-10-12-30(13-11-17)21-8-4-16-14-18(31)5-6-20(16)21/h5-7,9,14-15,17,21,31H,4,8,10-13H2,1-3H3,(H,28,32)/t15-,21?/m0/s1. The van der Waals surface area contributed by atoms with Gasteiger partial charge in [0.25, 0.3) is 0 Å². The number of phenols is 1. The Hall–Kier alpha value is -2.15. The first-order chi connectivity index (χ1) is 15.8. The van der Waals surface area contributed by atoms with Crippen molar-refractivity contribution >= 4 is 29.2 Å². The molecule has 2 amide bonds. The van der Waals surface area contributed by atoms with E-state index in [-0.39, 0.29) is 18.1 Å². The summed E-state index contributed by atoms with van der Waals surface area (Å²) in [5.41, 5.74) is 3.34. The molecule has 2 aromatic carbocycles. The SMILES string of the molecule is COc1ccc([C@H](C)NC(=O)N(C)C2CCN(C3CCc4cc(O)ccc43)CC2)c(Cl)c1Cl. The second kappa shape index (κ2) is 10.00. The van der Waals surface area contributed by atoms with Crippen LogP contribution in [0.2, 0.25) is 10.0 Å². The van der Waals surface area contributed by atoms with E-state index >= 15 is 0 Å². The van der Waals surface area contributed by atoms with Crippen LogP contribution in [0, 0.1) is 0 Å². The summed E-state index contributed by atoms with van der Waals surface area (Å²) in [7, 11) is 3.40. The normalized spacial score (nSPS) is 19.7. The number of benzene rings is 2. The van der Waals surface area contributed by atoms with Crippen molar-refractivity contribution in [2.24, 2.45) is 0 Å². The summed E-state index contributed by atoms with van der Waals surface area (Å²) in [6.45, 7) is 3.79. The number of piperidine rings is 1. The van der Waals surface area contributed by atoms with Gasteiger partial charge in [-0.15, -0.1) is 0 Å². The van der Waals surface area contributed by atoms with Crippen molar-refractivity contribution in [3.63, 3.8) is 0 Å². The molecule has 2 aromatic rings. The van der Waals surface area contributed by atoms with E-state index in [9.17, 15) is 9.90 Å². The van der Waals surface area contributed by atoms with E-state index in [0.29, 0.717) is 27.6 Å². The fourth-order valence-corrected chi connectivity index (χ4v) is 5.68. The number of nitrogens with one attached hydrogen (secondary N) is 1. The maximum Gasteiger partial charge on any atom is 0.317 e. The Kier molecular flexibility index (Phi) is 7.27. The van der Waals surface area contributed by atoms with E-state index < -0.39 is 0 Å². The smallest absolute Gasteiger partial charge is 0.317 e. The number of hydrogen-bond acceptors (Lipinski definition) is 4. The zero-order valence-corrected chi connectivity index (χ0v) is 20.8. The minimum atomic E-state index is -0.289. The molecule has 4 rings (SSSR count). The minimum Gasteiger partial charge on any atom is -0.508 e. The molecule has 1 saturated heterocycles. The van der Waals surface area contributed by atoms with Crippen molar-refractivity contribution in [1.82, 2.24) is 15.1 Å². The van der Waals surface area contributed by atoms with Gasteiger partial charge in [0, 0.05) is 32.2 Å². The van der Waals surface area contributed by atoms with Crippen LogP contribution in [0.3, 0.4) is 0 Å². The van der Waals surface area contributed by atoms with Crippen LogP contribution in [-0.2, 0) is 6.42 Å². The van der Waals surface area contributed by atoms with E-state index in [4.69, 9.17) is 27.9 Å². The van der Waals surface area contributed by atoms with Gasteiger partial charge >= 0.3 is 6.03 Å². The molecule has 1 aliphatic carbocycles. The Bertz CT molecular complexity index is 1020. The Morgan fingerprint density at radius 1 is 1.18 bits per heavy atom. The number of phenolic OH excluding ortho intramolecular Hbond substituents is 1. The monoisotopic (exact) mass is 491 g/mol. The molecule has 0 saturated carbocycles. The van der Waals surface area contributed by atoms with Gasteiger partial charge in [-0.2, -0.15) is 0 Å². The van der Waals surface area contributed by atoms with E-state index in [2.05, 4.69) is 16.3 Å². The number of carbonyl (C=O) groups excluding carboxylic acids is 1. The molecule has 2 aliphatic rings. The third-order valence-electron chi connectivity index (χ3n) is 7.08. The average molecular weight is 492 g/mol. The van der Waals surface area contributed by atoms with Crippen molar-refractivity contribution in [1.29, 1.82) is 0 Å². The molecule has 1 aliphatic heterocycles. The number of halogens is 2. The van der Waals surface area contributed by atoms with Crippen molar-refractivity contribution in [3.05, 3.63) is 57.1 Å². The first kappa shape index (κ1) is 24.0. The average Bonchev–Trinajstić information content (AvgIpc) is 3.23.